The van der Waals surface area contributed by atoms with E-state index in [1.807, 2.05) is 0 Å². The zero-order chi connectivity index (χ0) is 22.7. The molecule has 2 aromatic carbocycles. The fourth-order valence-corrected chi connectivity index (χ4v) is 2.98. The van der Waals surface area contributed by atoms with Crippen molar-refractivity contribution in [2.75, 3.05) is 13.2 Å². The highest BCUT2D eigenvalue weighted by molar-refractivity contribution is 6.32. The Balaban J connectivity index is 1.82. The first-order valence-electron chi connectivity index (χ1n) is 10.2. The molecule has 0 unspecified atom stereocenters. The molecule has 0 atom stereocenters. The van der Waals surface area contributed by atoms with Crippen LogP contribution in [0.2, 0.25) is 5.02 Å². The second-order valence-corrected chi connectivity index (χ2v) is 7.43. The summed E-state index contributed by atoms with van der Waals surface area (Å²) in [6.07, 6.45) is 2.49. The first-order chi connectivity index (χ1) is 14.8. The van der Waals surface area contributed by atoms with Gasteiger partial charge in [-0.15, -0.1) is 0 Å². The molecule has 0 spiro atoms. The summed E-state index contributed by atoms with van der Waals surface area (Å²) >= 11 is 6.21. The molecule has 0 aliphatic heterocycles. The average molecular weight is 459 g/mol. The number of carbonyl (C=O) groups excluding carboxylic acids is 1. The Morgan fingerprint density at radius 2 is 1.55 bits per heavy atom. The third kappa shape index (κ3) is 9.51. The van der Waals surface area contributed by atoms with Crippen LogP contribution >= 0.6 is 11.6 Å². The number of esters is 1. The molecule has 0 aliphatic rings. The molecule has 31 heavy (non-hydrogen) atoms. The first kappa shape index (κ1) is 24.9. The van der Waals surface area contributed by atoms with E-state index < -0.39 is 18.8 Å². The Hall–Kier alpha value is -2.41. The van der Waals surface area contributed by atoms with E-state index in [4.69, 9.17) is 21.1 Å². The predicted octanol–water partition coefficient (Wildman–Crippen LogP) is 7.24. The fourth-order valence-electron chi connectivity index (χ4n) is 2.74. The van der Waals surface area contributed by atoms with E-state index in [1.54, 1.807) is 12.1 Å². The van der Waals surface area contributed by atoms with E-state index in [9.17, 15) is 18.0 Å². The molecule has 0 N–H and O–H groups in total. The molecule has 0 aliphatic carbocycles. The minimum Gasteiger partial charge on any atom is -0.492 e. The summed E-state index contributed by atoms with van der Waals surface area (Å²) in [7, 11) is 0. The number of ether oxygens (including phenoxy) is 3. The molecule has 0 saturated carbocycles. The van der Waals surface area contributed by atoms with Crippen LogP contribution in [0.1, 0.15) is 55.8 Å². The van der Waals surface area contributed by atoms with Crippen molar-refractivity contribution in [2.24, 2.45) is 0 Å². The van der Waals surface area contributed by atoms with Crippen LogP contribution in [0.15, 0.2) is 42.5 Å². The van der Waals surface area contributed by atoms with E-state index >= 15 is 0 Å². The number of benzene rings is 2. The summed E-state index contributed by atoms with van der Waals surface area (Å²) in [4.78, 5) is 12.3. The van der Waals surface area contributed by atoms with Crippen LogP contribution in [0.25, 0.3) is 0 Å². The number of halogens is 4. The summed E-state index contributed by atoms with van der Waals surface area (Å²) in [6, 6.07) is 9.91. The normalized spacial score (nSPS) is 11.3. The van der Waals surface area contributed by atoms with Gasteiger partial charge in [-0.25, -0.2) is 4.79 Å². The number of alkyl halides is 3. The Kier molecular flexibility index (Phi) is 9.98. The van der Waals surface area contributed by atoms with Gasteiger partial charge >= 0.3 is 12.1 Å². The maximum absolute atomic E-state index is 12.3. The molecule has 0 amide bonds. The maximum Gasteiger partial charge on any atom is 0.422 e. The first-order valence-corrected chi connectivity index (χ1v) is 10.6. The third-order valence-corrected chi connectivity index (χ3v) is 4.66. The third-order valence-electron chi connectivity index (χ3n) is 4.36. The molecule has 0 heterocycles. The molecular formula is C23H26ClF3O4. The molecule has 2 aromatic rings. The van der Waals surface area contributed by atoms with Gasteiger partial charge < -0.3 is 14.2 Å². The van der Waals surface area contributed by atoms with Crippen molar-refractivity contribution >= 4 is 17.6 Å². The Morgan fingerprint density at radius 1 is 0.903 bits per heavy atom. The number of hydrogen-bond acceptors (Lipinski definition) is 4. The summed E-state index contributed by atoms with van der Waals surface area (Å²) < 4.78 is 52.0. The van der Waals surface area contributed by atoms with Crippen LogP contribution in [-0.2, 0) is 0 Å². The van der Waals surface area contributed by atoms with Gasteiger partial charge in [0.2, 0.25) is 0 Å². The predicted molar refractivity (Wildman–Crippen MR) is 113 cm³/mol. The standard InChI is InChI=1S/C23H26ClF3O4/c1-2-3-4-5-6-7-14-29-21-13-8-17(15-20(21)24)22(28)31-19-11-9-18(10-12-19)30-16-23(25,26)27/h8-13,15H,2-7,14,16H2,1H3. The van der Waals surface area contributed by atoms with Gasteiger partial charge in [0.15, 0.2) is 6.61 Å². The minimum absolute atomic E-state index is 0.0204. The molecule has 2 rings (SSSR count). The van der Waals surface area contributed by atoms with Gasteiger partial charge in [-0.05, 0) is 48.9 Å². The average Bonchev–Trinajstić information content (AvgIpc) is 2.73. The lowest BCUT2D eigenvalue weighted by atomic mass is 10.1. The highest BCUT2D eigenvalue weighted by Crippen LogP contribution is 2.27. The lowest BCUT2D eigenvalue weighted by Gasteiger charge is -2.11. The quantitative estimate of drug-likeness (QED) is 0.191. The topological polar surface area (TPSA) is 44.8 Å². The van der Waals surface area contributed by atoms with Crippen LogP contribution in [0, 0.1) is 0 Å². The molecule has 0 radical (unpaired) electrons. The van der Waals surface area contributed by atoms with Gasteiger partial charge in [0.1, 0.15) is 17.2 Å². The lowest BCUT2D eigenvalue weighted by molar-refractivity contribution is -0.153. The van der Waals surface area contributed by atoms with Crippen molar-refractivity contribution in [1.82, 2.24) is 0 Å². The zero-order valence-corrected chi connectivity index (χ0v) is 18.1. The summed E-state index contributed by atoms with van der Waals surface area (Å²) in [5.41, 5.74) is 0.231. The molecule has 0 fully saturated rings. The van der Waals surface area contributed by atoms with Gasteiger partial charge in [0.25, 0.3) is 0 Å². The van der Waals surface area contributed by atoms with E-state index in [-0.39, 0.29) is 17.1 Å². The lowest BCUT2D eigenvalue weighted by Crippen LogP contribution is -2.19. The second-order valence-electron chi connectivity index (χ2n) is 7.03. The van der Waals surface area contributed by atoms with Crippen LogP contribution < -0.4 is 14.2 Å². The Bertz CT molecular complexity index is 823. The largest absolute Gasteiger partial charge is 0.492 e. The molecule has 170 valence electrons. The number of hydrogen-bond donors (Lipinski definition) is 0. The molecule has 4 nitrogen and oxygen atoms in total. The molecule has 0 saturated heterocycles. The number of carbonyl (C=O) groups is 1. The SMILES string of the molecule is CCCCCCCCOc1ccc(C(=O)Oc2ccc(OCC(F)(F)F)cc2)cc1Cl. The Labute approximate surface area is 185 Å². The number of rotatable bonds is 12. The van der Waals surface area contributed by atoms with Crippen molar-refractivity contribution in [2.45, 2.75) is 51.6 Å². The van der Waals surface area contributed by atoms with Gasteiger partial charge in [-0.3, -0.25) is 0 Å². The van der Waals surface area contributed by atoms with Crippen molar-refractivity contribution in [3.05, 3.63) is 53.1 Å². The Morgan fingerprint density at radius 3 is 2.19 bits per heavy atom. The van der Waals surface area contributed by atoms with E-state index in [1.165, 1.54) is 56.0 Å². The van der Waals surface area contributed by atoms with Crippen LogP contribution in [0.4, 0.5) is 13.2 Å². The molecule has 8 heteroatoms. The molecular weight excluding hydrogens is 433 g/mol. The summed E-state index contributed by atoms with van der Waals surface area (Å²) in [5, 5.41) is 0.302. The van der Waals surface area contributed by atoms with Gasteiger partial charge in [0, 0.05) is 0 Å². The van der Waals surface area contributed by atoms with E-state index in [0.717, 1.165) is 12.8 Å². The highest BCUT2D eigenvalue weighted by atomic mass is 35.5. The van der Waals surface area contributed by atoms with E-state index in [2.05, 4.69) is 11.7 Å². The van der Waals surface area contributed by atoms with Gasteiger partial charge in [-0.2, -0.15) is 13.2 Å². The minimum atomic E-state index is -4.42. The maximum atomic E-state index is 12.3. The van der Waals surface area contributed by atoms with Crippen molar-refractivity contribution < 1.29 is 32.2 Å². The van der Waals surface area contributed by atoms with Crippen molar-refractivity contribution in [3.63, 3.8) is 0 Å². The van der Waals surface area contributed by atoms with Gasteiger partial charge in [-0.1, -0.05) is 50.6 Å². The van der Waals surface area contributed by atoms with Crippen molar-refractivity contribution in [3.8, 4) is 17.2 Å². The monoisotopic (exact) mass is 458 g/mol. The van der Waals surface area contributed by atoms with Gasteiger partial charge in [0.05, 0.1) is 17.2 Å². The molecule has 0 aromatic heterocycles. The fraction of sp³-hybridized carbons (Fsp3) is 0.435. The summed E-state index contributed by atoms with van der Waals surface area (Å²) in [6.45, 7) is 1.34. The van der Waals surface area contributed by atoms with E-state index in [0.29, 0.717) is 17.4 Å². The highest BCUT2D eigenvalue weighted by Gasteiger charge is 2.28. The summed E-state index contributed by atoms with van der Waals surface area (Å²) in [5.74, 6) is 0.0437. The zero-order valence-electron chi connectivity index (χ0n) is 17.3. The molecule has 0 bridgehead atoms. The van der Waals surface area contributed by atoms with Crippen LogP contribution in [0.5, 0.6) is 17.2 Å². The number of unbranched alkanes of at least 4 members (excludes halogenated alkanes) is 5. The smallest absolute Gasteiger partial charge is 0.422 e. The van der Waals surface area contributed by atoms with Crippen molar-refractivity contribution in [1.29, 1.82) is 0 Å². The van der Waals surface area contributed by atoms with Crippen LogP contribution in [0.3, 0.4) is 0 Å². The second kappa shape index (κ2) is 12.4. The van der Waals surface area contributed by atoms with Crippen LogP contribution in [-0.4, -0.2) is 25.4 Å².